The lowest BCUT2D eigenvalue weighted by molar-refractivity contribution is -0.127. The summed E-state index contributed by atoms with van der Waals surface area (Å²) >= 11 is 0. The van der Waals surface area contributed by atoms with E-state index < -0.39 is 17.2 Å². The van der Waals surface area contributed by atoms with Gasteiger partial charge in [-0.05, 0) is 38.7 Å². The molecule has 1 aromatic carbocycles. The minimum atomic E-state index is -0.679. The number of hydrogen-bond acceptors (Lipinski definition) is 4. The van der Waals surface area contributed by atoms with Gasteiger partial charge in [0.05, 0.1) is 11.3 Å². The van der Waals surface area contributed by atoms with Crippen molar-refractivity contribution in [1.29, 1.82) is 0 Å². The third kappa shape index (κ3) is 4.11. The van der Waals surface area contributed by atoms with Gasteiger partial charge in [-0.2, -0.15) is 0 Å². The van der Waals surface area contributed by atoms with Gasteiger partial charge in [0.1, 0.15) is 5.57 Å². The summed E-state index contributed by atoms with van der Waals surface area (Å²) in [5.74, 6) is -1.57. The van der Waals surface area contributed by atoms with E-state index >= 15 is 0 Å². The number of hydrogen-bond donors (Lipinski definition) is 2. The Morgan fingerprint density at radius 1 is 1.11 bits per heavy atom. The van der Waals surface area contributed by atoms with Crippen LogP contribution >= 0.6 is 0 Å². The van der Waals surface area contributed by atoms with Crippen LogP contribution in [-0.4, -0.2) is 53.2 Å². The zero-order valence-corrected chi connectivity index (χ0v) is 16.9. The number of amides is 2. The molecule has 1 aromatic rings. The highest BCUT2D eigenvalue weighted by Crippen LogP contribution is 2.31. The van der Waals surface area contributed by atoms with Crippen LogP contribution in [-0.2, 0) is 16.0 Å². The average Bonchev–Trinajstić information content (AvgIpc) is 2.96. The number of likely N-dealkylation sites (tertiary alicyclic amines) is 1. The van der Waals surface area contributed by atoms with Crippen molar-refractivity contribution in [3.63, 3.8) is 0 Å². The van der Waals surface area contributed by atoms with E-state index in [2.05, 4.69) is 5.32 Å². The molecular formula is C22H29N3O3. The molecule has 3 rings (SSSR count). The molecule has 0 unspecified atom stereocenters. The molecule has 2 heterocycles. The third-order valence-corrected chi connectivity index (χ3v) is 5.33. The second-order valence-corrected chi connectivity index (χ2v) is 8.12. The molecule has 0 saturated carbocycles. The summed E-state index contributed by atoms with van der Waals surface area (Å²) in [7, 11) is 1.44. The molecule has 0 atom stereocenters. The van der Waals surface area contributed by atoms with Gasteiger partial charge in [0.15, 0.2) is 5.76 Å². The van der Waals surface area contributed by atoms with Crippen molar-refractivity contribution < 1.29 is 14.7 Å². The largest absolute Gasteiger partial charge is 0.502 e. The van der Waals surface area contributed by atoms with Crippen molar-refractivity contribution in [3.05, 3.63) is 46.7 Å². The van der Waals surface area contributed by atoms with Crippen LogP contribution in [0.5, 0.6) is 0 Å². The van der Waals surface area contributed by atoms with Gasteiger partial charge in [-0.1, -0.05) is 37.1 Å². The molecule has 2 N–H and O–H groups in total. The maximum Gasteiger partial charge on any atom is 0.286 e. The number of carbonyl (C=O) groups excluding carboxylic acids is 2. The van der Waals surface area contributed by atoms with Crippen molar-refractivity contribution in [2.24, 2.45) is 4.99 Å². The Bertz CT molecular complexity index is 831. The minimum absolute atomic E-state index is 0.00137. The van der Waals surface area contributed by atoms with Crippen molar-refractivity contribution >= 4 is 17.5 Å². The number of aliphatic hydroxyl groups is 1. The zero-order chi connectivity index (χ0) is 20.3. The lowest BCUT2D eigenvalue weighted by Crippen LogP contribution is -2.40. The molecule has 0 spiro atoms. The van der Waals surface area contributed by atoms with Crippen LogP contribution in [0.2, 0.25) is 0 Å². The zero-order valence-electron chi connectivity index (χ0n) is 16.9. The van der Waals surface area contributed by atoms with Crippen LogP contribution in [0.1, 0.15) is 50.7 Å². The Kier molecular flexibility index (Phi) is 5.87. The summed E-state index contributed by atoms with van der Waals surface area (Å²) in [6.07, 6.45) is 4.75. The first kappa shape index (κ1) is 20.1. The summed E-state index contributed by atoms with van der Waals surface area (Å²) in [5.41, 5.74) is 1.83. The normalized spacial score (nSPS) is 19.7. The average molecular weight is 383 g/mol. The van der Waals surface area contributed by atoms with E-state index in [1.54, 1.807) is 4.90 Å². The lowest BCUT2D eigenvalue weighted by Gasteiger charge is -2.31. The van der Waals surface area contributed by atoms with Gasteiger partial charge in [-0.25, -0.2) is 0 Å². The van der Waals surface area contributed by atoms with Crippen LogP contribution in [0.4, 0.5) is 0 Å². The SMILES string of the molecule is CNC(=O)C(O)=C(C(=O)N1CCCCCC1)C1=NC(C)(C)Cc2ccccc21. The molecule has 1 saturated heterocycles. The van der Waals surface area contributed by atoms with Gasteiger partial charge in [0.25, 0.3) is 11.8 Å². The Balaban J connectivity index is 2.15. The van der Waals surface area contributed by atoms with Gasteiger partial charge in [-0.15, -0.1) is 0 Å². The minimum Gasteiger partial charge on any atom is -0.502 e. The first-order valence-electron chi connectivity index (χ1n) is 9.97. The number of carbonyl (C=O) groups is 2. The van der Waals surface area contributed by atoms with Crippen molar-refractivity contribution in [2.45, 2.75) is 51.5 Å². The number of fused-ring (bicyclic) bond motifs is 1. The van der Waals surface area contributed by atoms with Crippen LogP contribution < -0.4 is 5.32 Å². The maximum atomic E-state index is 13.5. The molecule has 2 aliphatic heterocycles. The predicted octanol–water partition coefficient (Wildman–Crippen LogP) is 2.77. The number of aliphatic hydroxyl groups excluding tert-OH is 1. The van der Waals surface area contributed by atoms with E-state index in [1.165, 1.54) is 7.05 Å². The van der Waals surface area contributed by atoms with Crippen LogP contribution in [0.3, 0.4) is 0 Å². The van der Waals surface area contributed by atoms with E-state index in [0.717, 1.165) is 43.2 Å². The Hall–Kier alpha value is -2.63. The second kappa shape index (κ2) is 8.17. The van der Waals surface area contributed by atoms with Crippen LogP contribution in [0, 0.1) is 0 Å². The Labute approximate surface area is 166 Å². The van der Waals surface area contributed by atoms with E-state index in [0.29, 0.717) is 18.8 Å². The molecule has 2 aliphatic rings. The summed E-state index contributed by atoms with van der Waals surface area (Å²) in [4.78, 5) is 32.3. The number of nitrogens with zero attached hydrogens (tertiary/aromatic N) is 2. The Morgan fingerprint density at radius 3 is 2.39 bits per heavy atom. The highest BCUT2D eigenvalue weighted by atomic mass is 16.3. The number of rotatable bonds is 3. The van der Waals surface area contributed by atoms with Gasteiger partial charge in [0.2, 0.25) is 0 Å². The number of aliphatic imine (C=N–C) groups is 1. The monoisotopic (exact) mass is 383 g/mol. The van der Waals surface area contributed by atoms with Crippen LogP contribution in [0.25, 0.3) is 0 Å². The summed E-state index contributed by atoms with van der Waals surface area (Å²) < 4.78 is 0. The van der Waals surface area contributed by atoms with Crippen LogP contribution in [0.15, 0.2) is 40.6 Å². The van der Waals surface area contributed by atoms with Gasteiger partial charge >= 0.3 is 0 Å². The number of likely N-dealkylation sites (N-methyl/N-ethyl adjacent to an activating group) is 1. The molecule has 2 amide bonds. The first-order valence-corrected chi connectivity index (χ1v) is 9.97. The molecule has 28 heavy (non-hydrogen) atoms. The number of nitrogens with one attached hydrogen (secondary N) is 1. The van der Waals surface area contributed by atoms with Gasteiger partial charge < -0.3 is 15.3 Å². The summed E-state index contributed by atoms with van der Waals surface area (Å²) in [6, 6.07) is 7.75. The van der Waals surface area contributed by atoms with Crippen molar-refractivity contribution in [3.8, 4) is 0 Å². The van der Waals surface area contributed by atoms with Crippen molar-refractivity contribution in [1.82, 2.24) is 10.2 Å². The topological polar surface area (TPSA) is 82.0 Å². The van der Waals surface area contributed by atoms with Gasteiger partial charge in [0, 0.05) is 25.7 Å². The van der Waals surface area contributed by atoms with Crippen molar-refractivity contribution in [2.75, 3.05) is 20.1 Å². The van der Waals surface area contributed by atoms with E-state index in [-0.39, 0.29) is 11.5 Å². The molecule has 0 aromatic heterocycles. The second-order valence-electron chi connectivity index (χ2n) is 8.12. The smallest absolute Gasteiger partial charge is 0.286 e. The fourth-order valence-corrected chi connectivity index (χ4v) is 3.94. The molecular weight excluding hydrogens is 354 g/mol. The fourth-order valence-electron chi connectivity index (χ4n) is 3.94. The highest BCUT2D eigenvalue weighted by molar-refractivity contribution is 6.31. The molecule has 1 fully saturated rings. The summed E-state index contributed by atoms with van der Waals surface area (Å²) in [6.45, 7) is 5.24. The molecule has 6 heteroatoms. The Morgan fingerprint density at radius 2 is 1.75 bits per heavy atom. The maximum absolute atomic E-state index is 13.5. The lowest BCUT2D eigenvalue weighted by atomic mass is 9.84. The van der Waals surface area contributed by atoms with E-state index in [9.17, 15) is 14.7 Å². The standard InChI is InChI=1S/C22H29N3O3/c1-22(2)14-15-10-6-7-11-16(15)18(24-22)17(19(26)20(27)23-3)21(28)25-12-8-4-5-9-13-25/h6-7,10-11,26H,4-5,8-9,12-14H2,1-3H3,(H,23,27). The third-order valence-electron chi connectivity index (χ3n) is 5.33. The summed E-state index contributed by atoms with van der Waals surface area (Å²) in [5, 5.41) is 13.2. The molecule has 0 aliphatic carbocycles. The quantitative estimate of drug-likeness (QED) is 0.622. The fraction of sp³-hybridized carbons (Fsp3) is 0.500. The van der Waals surface area contributed by atoms with Gasteiger partial charge in [-0.3, -0.25) is 14.6 Å². The molecule has 0 bridgehead atoms. The predicted molar refractivity (Wildman–Crippen MR) is 110 cm³/mol. The molecule has 6 nitrogen and oxygen atoms in total. The first-order chi connectivity index (χ1) is 13.3. The molecule has 0 radical (unpaired) electrons. The van der Waals surface area contributed by atoms with E-state index in [4.69, 9.17) is 4.99 Å². The number of benzene rings is 1. The van der Waals surface area contributed by atoms with E-state index in [1.807, 2.05) is 38.1 Å². The highest BCUT2D eigenvalue weighted by Gasteiger charge is 2.35. The molecule has 150 valence electrons.